The van der Waals surface area contributed by atoms with Crippen molar-refractivity contribution in [2.24, 2.45) is 0 Å². The average molecular weight is 340 g/mol. The van der Waals surface area contributed by atoms with E-state index in [-0.39, 0.29) is 12.3 Å². The van der Waals surface area contributed by atoms with Crippen LogP contribution >= 0.6 is 0 Å². The normalized spacial score (nSPS) is 13.6. The Balaban J connectivity index is 1.73. The number of esters is 1. The first-order valence-corrected chi connectivity index (χ1v) is 8.33. The SMILES string of the molecule is CCOC(=O)c1ccccc1NC(=O)c1cnc(N2CCCC2)cn1. The standard InChI is InChI=1S/C18H20N4O3/c1-2-25-18(24)13-7-3-4-8-14(13)21-17(23)15-11-20-16(12-19-15)22-9-5-6-10-22/h3-4,7-8,11-12H,2,5-6,9-10H2,1H3,(H,21,23). The second-order valence-electron chi connectivity index (χ2n) is 5.67. The van der Waals surface area contributed by atoms with Crippen LogP contribution < -0.4 is 10.2 Å². The summed E-state index contributed by atoms with van der Waals surface area (Å²) in [5, 5.41) is 2.70. The molecule has 0 spiro atoms. The van der Waals surface area contributed by atoms with Gasteiger partial charge in [0.2, 0.25) is 0 Å². The summed E-state index contributed by atoms with van der Waals surface area (Å²) < 4.78 is 5.00. The highest BCUT2D eigenvalue weighted by atomic mass is 16.5. The molecule has 25 heavy (non-hydrogen) atoms. The third kappa shape index (κ3) is 3.93. The van der Waals surface area contributed by atoms with Crippen molar-refractivity contribution in [2.75, 3.05) is 29.9 Å². The topological polar surface area (TPSA) is 84.4 Å². The maximum atomic E-state index is 12.4. The van der Waals surface area contributed by atoms with Crippen molar-refractivity contribution in [3.05, 3.63) is 47.9 Å². The highest BCUT2D eigenvalue weighted by Gasteiger charge is 2.17. The Hall–Kier alpha value is -2.96. The molecule has 130 valence electrons. The maximum Gasteiger partial charge on any atom is 0.340 e. The predicted molar refractivity (Wildman–Crippen MR) is 93.8 cm³/mol. The highest BCUT2D eigenvalue weighted by Crippen LogP contribution is 2.19. The number of rotatable bonds is 5. The maximum absolute atomic E-state index is 12.4. The molecule has 2 aromatic rings. The molecular weight excluding hydrogens is 320 g/mol. The van der Waals surface area contributed by atoms with Crippen molar-refractivity contribution in [1.82, 2.24) is 9.97 Å². The van der Waals surface area contributed by atoms with Crippen LogP contribution in [0.3, 0.4) is 0 Å². The van der Waals surface area contributed by atoms with Crippen molar-refractivity contribution in [3.8, 4) is 0 Å². The Bertz CT molecular complexity index is 755. The number of ether oxygens (including phenoxy) is 1. The molecule has 1 aliphatic heterocycles. The number of carbonyl (C=O) groups is 2. The van der Waals surface area contributed by atoms with E-state index < -0.39 is 11.9 Å². The Kier molecular flexibility index (Phi) is 5.23. The predicted octanol–water partition coefficient (Wildman–Crippen LogP) is 2.51. The van der Waals surface area contributed by atoms with E-state index in [1.165, 1.54) is 6.20 Å². The van der Waals surface area contributed by atoms with E-state index in [1.807, 2.05) is 0 Å². The number of amides is 1. The van der Waals surface area contributed by atoms with E-state index in [9.17, 15) is 9.59 Å². The van der Waals surface area contributed by atoms with Gasteiger partial charge in [-0.05, 0) is 31.9 Å². The van der Waals surface area contributed by atoms with Crippen molar-refractivity contribution in [3.63, 3.8) is 0 Å². The van der Waals surface area contributed by atoms with Crippen LogP contribution in [0.2, 0.25) is 0 Å². The fourth-order valence-corrected chi connectivity index (χ4v) is 2.71. The molecule has 1 aliphatic rings. The zero-order valence-electron chi connectivity index (χ0n) is 14.1. The number of hydrogen-bond acceptors (Lipinski definition) is 6. The number of para-hydroxylation sites is 1. The first-order chi connectivity index (χ1) is 12.2. The first kappa shape index (κ1) is 16.9. The minimum atomic E-state index is -0.478. The smallest absolute Gasteiger partial charge is 0.340 e. The average Bonchev–Trinajstić information content (AvgIpc) is 3.17. The quantitative estimate of drug-likeness (QED) is 0.842. The summed E-state index contributed by atoms with van der Waals surface area (Å²) in [6.45, 7) is 3.93. The van der Waals surface area contributed by atoms with Gasteiger partial charge < -0.3 is 15.0 Å². The number of nitrogens with one attached hydrogen (secondary N) is 1. The molecule has 7 nitrogen and oxygen atoms in total. The van der Waals surface area contributed by atoms with Gasteiger partial charge >= 0.3 is 5.97 Å². The second kappa shape index (κ2) is 7.74. The van der Waals surface area contributed by atoms with Gasteiger partial charge in [-0.25, -0.2) is 14.8 Å². The van der Waals surface area contributed by atoms with Gasteiger partial charge in [-0.3, -0.25) is 4.79 Å². The molecule has 1 aromatic carbocycles. The van der Waals surface area contributed by atoms with Crippen molar-refractivity contribution in [2.45, 2.75) is 19.8 Å². The van der Waals surface area contributed by atoms with Crippen LogP contribution in [-0.2, 0) is 4.74 Å². The summed E-state index contributed by atoms with van der Waals surface area (Å²) in [6, 6.07) is 6.71. The number of anilines is 2. The summed E-state index contributed by atoms with van der Waals surface area (Å²) in [5.74, 6) is -0.118. The molecule has 0 atom stereocenters. The molecule has 3 rings (SSSR count). The summed E-state index contributed by atoms with van der Waals surface area (Å²) >= 11 is 0. The van der Waals surface area contributed by atoms with Crippen LogP contribution in [0.1, 0.15) is 40.6 Å². The number of benzene rings is 1. The Morgan fingerprint density at radius 2 is 1.92 bits per heavy atom. The monoisotopic (exact) mass is 340 g/mol. The third-order valence-electron chi connectivity index (χ3n) is 3.97. The van der Waals surface area contributed by atoms with E-state index in [0.29, 0.717) is 11.3 Å². The van der Waals surface area contributed by atoms with Gasteiger partial charge in [0.1, 0.15) is 11.5 Å². The Labute approximate surface area is 146 Å². The van der Waals surface area contributed by atoms with Crippen LogP contribution in [0.25, 0.3) is 0 Å². The molecule has 1 fully saturated rings. The van der Waals surface area contributed by atoms with Crippen LogP contribution in [-0.4, -0.2) is 41.5 Å². The number of nitrogens with zero attached hydrogens (tertiary/aromatic N) is 3. The fraction of sp³-hybridized carbons (Fsp3) is 0.333. The van der Waals surface area contributed by atoms with Gasteiger partial charge in [0.25, 0.3) is 5.91 Å². The lowest BCUT2D eigenvalue weighted by molar-refractivity contribution is 0.0527. The molecule has 1 saturated heterocycles. The highest BCUT2D eigenvalue weighted by molar-refractivity contribution is 6.06. The van der Waals surface area contributed by atoms with Crippen molar-refractivity contribution in [1.29, 1.82) is 0 Å². The number of carbonyl (C=O) groups excluding carboxylic acids is 2. The zero-order valence-corrected chi connectivity index (χ0v) is 14.1. The molecular formula is C18H20N4O3. The van der Waals surface area contributed by atoms with Gasteiger partial charge in [0.05, 0.1) is 30.3 Å². The molecule has 7 heteroatoms. The second-order valence-corrected chi connectivity index (χ2v) is 5.67. The molecule has 1 amide bonds. The summed E-state index contributed by atoms with van der Waals surface area (Å²) in [5.41, 5.74) is 0.886. The van der Waals surface area contributed by atoms with Crippen molar-refractivity contribution >= 4 is 23.4 Å². The van der Waals surface area contributed by atoms with E-state index in [2.05, 4.69) is 20.2 Å². The van der Waals surface area contributed by atoms with E-state index in [0.717, 1.165) is 31.7 Å². The molecule has 0 saturated carbocycles. The summed E-state index contributed by atoms with van der Waals surface area (Å²) in [4.78, 5) is 35.0. The molecule has 0 bridgehead atoms. The lowest BCUT2D eigenvalue weighted by atomic mass is 10.1. The van der Waals surface area contributed by atoms with Crippen LogP contribution in [0, 0.1) is 0 Å². The minimum Gasteiger partial charge on any atom is -0.462 e. The fourth-order valence-electron chi connectivity index (χ4n) is 2.71. The largest absolute Gasteiger partial charge is 0.462 e. The van der Waals surface area contributed by atoms with Gasteiger partial charge in [-0.2, -0.15) is 0 Å². The zero-order chi connectivity index (χ0) is 17.6. The lowest BCUT2D eigenvalue weighted by Gasteiger charge is -2.15. The van der Waals surface area contributed by atoms with Crippen LogP contribution in [0.15, 0.2) is 36.7 Å². The van der Waals surface area contributed by atoms with Gasteiger partial charge in [0, 0.05) is 13.1 Å². The first-order valence-electron chi connectivity index (χ1n) is 8.33. The van der Waals surface area contributed by atoms with Crippen LogP contribution in [0.5, 0.6) is 0 Å². The molecule has 1 N–H and O–H groups in total. The van der Waals surface area contributed by atoms with Crippen molar-refractivity contribution < 1.29 is 14.3 Å². The van der Waals surface area contributed by atoms with Crippen LogP contribution in [0.4, 0.5) is 11.5 Å². The van der Waals surface area contributed by atoms with E-state index in [1.54, 1.807) is 37.4 Å². The molecule has 0 unspecified atom stereocenters. The minimum absolute atomic E-state index is 0.196. The lowest BCUT2D eigenvalue weighted by Crippen LogP contribution is -2.21. The van der Waals surface area contributed by atoms with Gasteiger partial charge in [0.15, 0.2) is 0 Å². The summed E-state index contributed by atoms with van der Waals surface area (Å²) in [6.07, 6.45) is 5.36. The third-order valence-corrected chi connectivity index (χ3v) is 3.97. The Morgan fingerprint density at radius 1 is 1.16 bits per heavy atom. The molecule has 0 radical (unpaired) electrons. The molecule has 2 heterocycles. The van der Waals surface area contributed by atoms with Gasteiger partial charge in [-0.1, -0.05) is 12.1 Å². The Morgan fingerprint density at radius 3 is 2.60 bits per heavy atom. The number of hydrogen-bond donors (Lipinski definition) is 1. The summed E-state index contributed by atoms with van der Waals surface area (Å²) in [7, 11) is 0. The molecule has 1 aromatic heterocycles. The van der Waals surface area contributed by atoms with Gasteiger partial charge in [-0.15, -0.1) is 0 Å². The van der Waals surface area contributed by atoms with E-state index >= 15 is 0 Å². The number of aromatic nitrogens is 2. The van der Waals surface area contributed by atoms with E-state index in [4.69, 9.17) is 4.74 Å². The molecule has 0 aliphatic carbocycles.